The molecule has 148 valence electrons. The molecule has 8 nitrogen and oxygen atoms in total. The molecule has 1 aliphatic rings. The van der Waals surface area contributed by atoms with Crippen LogP contribution >= 0.6 is 0 Å². The Hall–Kier alpha value is -3.00. The van der Waals surface area contributed by atoms with Gasteiger partial charge in [-0.1, -0.05) is 12.1 Å². The monoisotopic (exact) mass is 383 g/mol. The Balaban J connectivity index is 1.50. The summed E-state index contributed by atoms with van der Waals surface area (Å²) in [6, 6.07) is 8.54. The van der Waals surface area contributed by atoms with Crippen LogP contribution in [0.1, 0.15) is 33.5 Å². The Morgan fingerprint density at radius 1 is 1.07 bits per heavy atom. The number of ether oxygens (including phenoxy) is 1. The quantitative estimate of drug-likeness (QED) is 0.554. The van der Waals surface area contributed by atoms with E-state index in [4.69, 9.17) is 4.74 Å². The predicted molar refractivity (Wildman–Crippen MR) is 107 cm³/mol. The van der Waals surface area contributed by atoms with E-state index in [0.29, 0.717) is 43.3 Å². The van der Waals surface area contributed by atoms with Crippen LogP contribution in [0.2, 0.25) is 0 Å². The number of anilines is 2. The van der Waals surface area contributed by atoms with Gasteiger partial charge in [0, 0.05) is 43.4 Å². The van der Waals surface area contributed by atoms with Crippen LogP contribution in [0, 0.1) is 6.92 Å². The molecule has 0 radical (unpaired) electrons. The Morgan fingerprint density at radius 2 is 1.75 bits per heavy atom. The molecule has 0 bridgehead atoms. The minimum Gasteiger partial charge on any atom is -0.378 e. The molecule has 2 N–H and O–H groups in total. The van der Waals surface area contributed by atoms with E-state index < -0.39 is 0 Å². The maximum Gasteiger partial charge on any atom is 0.251 e. The zero-order valence-corrected chi connectivity index (χ0v) is 16.2. The molecule has 0 spiro atoms. The third-order valence-corrected chi connectivity index (χ3v) is 4.43. The van der Waals surface area contributed by atoms with Crippen LogP contribution < -0.4 is 15.5 Å². The first-order valence-corrected chi connectivity index (χ1v) is 9.34. The van der Waals surface area contributed by atoms with Gasteiger partial charge in [0.15, 0.2) is 5.78 Å². The standard InChI is InChI=1S/C20H25N5O3/c1-14(26)16-3-5-17(6-4-16)20(27)22-8-7-21-18-13-19(24-15(2)23-18)25-9-11-28-12-10-25/h3-6,13H,7-12H2,1-2H3,(H,22,27)(H,21,23,24). The molecule has 0 unspecified atom stereocenters. The van der Waals surface area contributed by atoms with E-state index in [0.717, 1.165) is 24.7 Å². The summed E-state index contributed by atoms with van der Waals surface area (Å²) in [5.41, 5.74) is 1.12. The fraction of sp³-hybridized carbons (Fsp3) is 0.400. The van der Waals surface area contributed by atoms with Crippen molar-refractivity contribution < 1.29 is 14.3 Å². The molecule has 1 aromatic carbocycles. The number of Topliss-reactive ketones (excluding diaryl/α,β-unsaturated/α-hetero) is 1. The Bertz CT molecular complexity index is 832. The Kier molecular flexibility index (Phi) is 6.54. The molecular weight excluding hydrogens is 358 g/mol. The molecule has 8 heteroatoms. The first-order chi connectivity index (χ1) is 13.5. The van der Waals surface area contributed by atoms with Gasteiger partial charge in [-0.25, -0.2) is 9.97 Å². The van der Waals surface area contributed by atoms with Gasteiger partial charge in [0.25, 0.3) is 5.91 Å². The summed E-state index contributed by atoms with van der Waals surface area (Å²) in [5.74, 6) is 2.11. The van der Waals surface area contributed by atoms with Gasteiger partial charge >= 0.3 is 0 Å². The van der Waals surface area contributed by atoms with Crippen molar-refractivity contribution >= 4 is 23.3 Å². The molecule has 2 aromatic rings. The smallest absolute Gasteiger partial charge is 0.251 e. The van der Waals surface area contributed by atoms with Gasteiger partial charge in [-0.3, -0.25) is 9.59 Å². The molecule has 28 heavy (non-hydrogen) atoms. The molecule has 0 atom stereocenters. The fourth-order valence-corrected chi connectivity index (χ4v) is 2.92. The van der Waals surface area contributed by atoms with Gasteiger partial charge in [0.2, 0.25) is 0 Å². The van der Waals surface area contributed by atoms with Crippen molar-refractivity contribution in [3.05, 3.63) is 47.3 Å². The van der Waals surface area contributed by atoms with Gasteiger partial charge in [-0.2, -0.15) is 0 Å². The van der Waals surface area contributed by atoms with E-state index in [9.17, 15) is 9.59 Å². The van der Waals surface area contributed by atoms with E-state index in [1.54, 1.807) is 24.3 Å². The average Bonchev–Trinajstić information content (AvgIpc) is 2.71. The van der Waals surface area contributed by atoms with Crippen molar-refractivity contribution in [1.29, 1.82) is 0 Å². The first-order valence-electron chi connectivity index (χ1n) is 9.34. The summed E-state index contributed by atoms with van der Waals surface area (Å²) in [7, 11) is 0. The number of aromatic nitrogens is 2. The second kappa shape index (κ2) is 9.27. The first kappa shape index (κ1) is 19.8. The average molecular weight is 383 g/mol. The lowest BCUT2D eigenvalue weighted by Gasteiger charge is -2.28. The molecule has 1 amide bonds. The zero-order valence-electron chi connectivity index (χ0n) is 16.2. The molecule has 1 aromatic heterocycles. The van der Waals surface area contributed by atoms with Crippen LogP contribution in [-0.2, 0) is 4.74 Å². The van der Waals surface area contributed by atoms with Crippen LogP contribution in [-0.4, -0.2) is 61.1 Å². The van der Waals surface area contributed by atoms with Gasteiger partial charge in [-0.15, -0.1) is 0 Å². The summed E-state index contributed by atoms with van der Waals surface area (Å²) in [4.78, 5) is 34.6. The molecule has 1 aliphatic heterocycles. The van der Waals surface area contributed by atoms with Crippen molar-refractivity contribution in [2.75, 3.05) is 49.6 Å². The molecule has 2 heterocycles. The summed E-state index contributed by atoms with van der Waals surface area (Å²) in [5, 5.41) is 6.08. The highest BCUT2D eigenvalue weighted by atomic mass is 16.5. The number of rotatable bonds is 7. The maximum absolute atomic E-state index is 12.2. The lowest BCUT2D eigenvalue weighted by atomic mass is 10.1. The number of nitrogens with one attached hydrogen (secondary N) is 2. The fourth-order valence-electron chi connectivity index (χ4n) is 2.92. The van der Waals surface area contributed by atoms with Gasteiger partial charge in [0.05, 0.1) is 13.2 Å². The van der Waals surface area contributed by atoms with Gasteiger partial charge < -0.3 is 20.3 Å². The summed E-state index contributed by atoms with van der Waals surface area (Å²) >= 11 is 0. The van der Waals surface area contributed by atoms with Gasteiger partial charge in [0.1, 0.15) is 17.5 Å². The number of carbonyl (C=O) groups excluding carboxylic acids is 2. The number of nitrogens with zero attached hydrogens (tertiary/aromatic N) is 3. The highest BCUT2D eigenvalue weighted by Crippen LogP contribution is 2.17. The molecular formula is C20H25N5O3. The number of carbonyl (C=O) groups is 2. The maximum atomic E-state index is 12.2. The van der Waals surface area contributed by atoms with E-state index in [-0.39, 0.29) is 11.7 Å². The number of amides is 1. The second-order valence-corrected chi connectivity index (χ2v) is 6.57. The number of ketones is 1. The SMILES string of the molecule is CC(=O)c1ccc(C(=O)NCCNc2cc(N3CCOCC3)nc(C)n2)cc1. The van der Waals surface area contributed by atoms with E-state index >= 15 is 0 Å². The van der Waals surface area contributed by atoms with Crippen molar-refractivity contribution in [3.8, 4) is 0 Å². The lowest BCUT2D eigenvalue weighted by Crippen LogP contribution is -2.37. The summed E-state index contributed by atoms with van der Waals surface area (Å²) < 4.78 is 5.38. The topological polar surface area (TPSA) is 96.5 Å². The second-order valence-electron chi connectivity index (χ2n) is 6.57. The van der Waals surface area contributed by atoms with Gasteiger partial charge in [-0.05, 0) is 26.0 Å². The van der Waals surface area contributed by atoms with Crippen molar-refractivity contribution in [2.24, 2.45) is 0 Å². The van der Waals surface area contributed by atoms with Crippen molar-refractivity contribution in [2.45, 2.75) is 13.8 Å². The lowest BCUT2D eigenvalue weighted by molar-refractivity contribution is 0.0953. The summed E-state index contributed by atoms with van der Waals surface area (Å²) in [6.45, 7) is 7.38. The number of aryl methyl sites for hydroxylation is 1. The number of hydrogen-bond donors (Lipinski definition) is 2. The number of benzene rings is 1. The van der Waals surface area contributed by atoms with Crippen LogP contribution in [0.15, 0.2) is 30.3 Å². The minimum atomic E-state index is -0.176. The highest BCUT2D eigenvalue weighted by Gasteiger charge is 2.14. The normalized spacial score (nSPS) is 13.9. The minimum absolute atomic E-state index is 0.0206. The zero-order chi connectivity index (χ0) is 19.9. The van der Waals surface area contributed by atoms with E-state index in [2.05, 4.69) is 25.5 Å². The van der Waals surface area contributed by atoms with Crippen LogP contribution in [0.4, 0.5) is 11.6 Å². The Labute approximate surface area is 164 Å². The Morgan fingerprint density at radius 3 is 2.43 bits per heavy atom. The predicted octanol–water partition coefficient (Wildman–Crippen LogP) is 1.67. The van der Waals surface area contributed by atoms with Crippen LogP contribution in [0.3, 0.4) is 0 Å². The third kappa shape index (κ3) is 5.26. The molecule has 3 rings (SSSR count). The van der Waals surface area contributed by atoms with E-state index in [1.165, 1.54) is 6.92 Å². The molecule has 0 aliphatic carbocycles. The number of hydrogen-bond acceptors (Lipinski definition) is 7. The van der Waals surface area contributed by atoms with Crippen LogP contribution in [0.5, 0.6) is 0 Å². The number of morpholine rings is 1. The molecule has 1 fully saturated rings. The van der Waals surface area contributed by atoms with Crippen LogP contribution in [0.25, 0.3) is 0 Å². The van der Waals surface area contributed by atoms with E-state index in [1.807, 2.05) is 13.0 Å². The summed E-state index contributed by atoms with van der Waals surface area (Å²) in [6.07, 6.45) is 0. The largest absolute Gasteiger partial charge is 0.378 e. The molecule has 1 saturated heterocycles. The third-order valence-electron chi connectivity index (χ3n) is 4.43. The highest BCUT2D eigenvalue weighted by molar-refractivity contribution is 5.97. The van der Waals surface area contributed by atoms with Crippen molar-refractivity contribution in [1.82, 2.24) is 15.3 Å². The van der Waals surface area contributed by atoms with Crippen molar-refractivity contribution in [3.63, 3.8) is 0 Å². The molecule has 0 saturated carbocycles.